The van der Waals surface area contributed by atoms with Gasteiger partial charge in [0.15, 0.2) is 0 Å². The summed E-state index contributed by atoms with van der Waals surface area (Å²) in [6, 6.07) is 7.90. The smallest absolute Gasteiger partial charge is 0.0724 e. The van der Waals surface area contributed by atoms with Crippen molar-refractivity contribution in [3.8, 4) is 0 Å². The normalized spacial score (nSPS) is 11.8. The molecule has 0 radical (unpaired) electrons. The van der Waals surface area contributed by atoms with Gasteiger partial charge in [-0.15, -0.1) is 0 Å². The predicted octanol–water partition coefficient (Wildman–Crippen LogP) is 3.29. The van der Waals surface area contributed by atoms with Gasteiger partial charge in [-0.05, 0) is 36.1 Å². The summed E-state index contributed by atoms with van der Waals surface area (Å²) in [5.74, 6) is 0. The van der Waals surface area contributed by atoms with Gasteiger partial charge in [-0.25, -0.2) is 0 Å². The minimum atomic E-state index is 0.159. The van der Waals surface area contributed by atoms with E-state index in [1.165, 1.54) is 0 Å². The van der Waals surface area contributed by atoms with Crippen molar-refractivity contribution < 1.29 is 4.74 Å². The zero-order valence-electron chi connectivity index (χ0n) is 12.4. The van der Waals surface area contributed by atoms with Gasteiger partial charge in [0.25, 0.3) is 0 Å². The lowest BCUT2D eigenvalue weighted by Gasteiger charge is -2.25. The number of nitrogens with zero attached hydrogens (tertiary/aromatic N) is 1. The summed E-state index contributed by atoms with van der Waals surface area (Å²) in [6.07, 6.45) is 2.79. The molecule has 0 unspecified atom stereocenters. The number of aromatic nitrogens is 1. The molecule has 0 saturated heterocycles. The number of hydrogen-bond donors (Lipinski definition) is 2. The van der Waals surface area contributed by atoms with E-state index < -0.39 is 0 Å². The monoisotopic (exact) mass is 273 g/mol. The number of methoxy groups -OCH3 is 1. The Labute approximate surface area is 120 Å². The molecule has 0 fully saturated rings. The molecule has 1 heterocycles. The van der Waals surface area contributed by atoms with E-state index in [0.29, 0.717) is 0 Å². The Bertz CT molecular complexity index is 581. The lowest BCUT2D eigenvalue weighted by atomic mass is 9.89. The Morgan fingerprint density at radius 1 is 1.30 bits per heavy atom. The van der Waals surface area contributed by atoms with Crippen molar-refractivity contribution in [2.45, 2.75) is 20.3 Å². The first kappa shape index (κ1) is 14.6. The van der Waals surface area contributed by atoms with E-state index in [9.17, 15) is 0 Å². The molecule has 0 spiro atoms. The maximum Gasteiger partial charge on any atom is 0.0724 e. The van der Waals surface area contributed by atoms with Crippen molar-refractivity contribution in [1.29, 1.82) is 0 Å². The van der Waals surface area contributed by atoms with Crippen LogP contribution in [0.5, 0.6) is 0 Å². The molecule has 4 heteroatoms. The molecule has 4 nitrogen and oxygen atoms in total. The van der Waals surface area contributed by atoms with Crippen molar-refractivity contribution in [1.82, 2.24) is 4.98 Å². The van der Waals surface area contributed by atoms with Crippen LogP contribution in [0.25, 0.3) is 10.9 Å². The van der Waals surface area contributed by atoms with Crippen molar-refractivity contribution in [3.05, 3.63) is 30.5 Å². The van der Waals surface area contributed by atoms with Crippen LogP contribution in [0.1, 0.15) is 20.3 Å². The summed E-state index contributed by atoms with van der Waals surface area (Å²) in [7, 11) is 1.73. The minimum absolute atomic E-state index is 0.159. The number of pyridine rings is 1. The fourth-order valence-electron chi connectivity index (χ4n) is 2.13. The largest absolute Gasteiger partial charge is 0.397 e. The first-order valence-corrected chi connectivity index (χ1v) is 6.89. The number of nitrogens with one attached hydrogen (secondary N) is 1. The molecule has 0 amide bonds. The molecule has 3 N–H and O–H groups in total. The standard InChI is InChI=1S/C16H23N3O/c1-16(2,8-10-20-3)11-19-14-7-6-13-12(15(14)17)5-4-9-18-13/h4-7,9,19H,8,10-11,17H2,1-3H3. The van der Waals surface area contributed by atoms with Crippen LogP contribution in [0.3, 0.4) is 0 Å². The van der Waals surface area contributed by atoms with Gasteiger partial charge in [-0.1, -0.05) is 13.8 Å². The molecule has 108 valence electrons. The molecule has 0 aliphatic heterocycles. The van der Waals surface area contributed by atoms with Crippen molar-refractivity contribution in [2.24, 2.45) is 5.41 Å². The first-order chi connectivity index (χ1) is 9.53. The first-order valence-electron chi connectivity index (χ1n) is 6.89. The molecule has 0 bridgehead atoms. The average Bonchev–Trinajstić information content (AvgIpc) is 2.45. The van der Waals surface area contributed by atoms with Gasteiger partial charge in [-0.3, -0.25) is 4.98 Å². The minimum Gasteiger partial charge on any atom is -0.397 e. The molecule has 0 atom stereocenters. The number of fused-ring (bicyclic) bond motifs is 1. The third-order valence-corrected chi connectivity index (χ3v) is 3.57. The van der Waals surface area contributed by atoms with Crippen LogP contribution in [-0.4, -0.2) is 25.2 Å². The van der Waals surface area contributed by atoms with E-state index in [-0.39, 0.29) is 5.41 Å². The molecule has 2 aromatic rings. The highest BCUT2D eigenvalue weighted by atomic mass is 16.5. The second kappa shape index (κ2) is 6.09. The van der Waals surface area contributed by atoms with Gasteiger partial charge in [-0.2, -0.15) is 0 Å². The average molecular weight is 273 g/mol. The van der Waals surface area contributed by atoms with E-state index in [2.05, 4.69) is 24.1 Å². The Morgan fingerprint density at radius 3 is 2.85 bits per heavy atom. The van der Waals surface area contributed by atoms with E-state index in [4.69, 9.17) is 10.5 Å². The third kappa shape index (κ3) is 3.39. The van der Waals surface area contributed by atoms with Crippen LogP contribution in [-0.2, 0) is 4.74 Å². The van der Waals surface area contributed by atoms with Gasteiger partial charge in [0.1, 0.15) is 0 Å². The quantitative estimate of drug-likeness (QED) is 0.793. The van der Waals surface area contributed by atoms with Crippen LogP contribution in [0.4, 0.5) is 11.4 Å². The molecule has 0 aliphatic rings. The topological polar surface area (TPSA) is 60.2 Å². The zero-order valence-corrected chi connectivity index (χ0v) is 12.4. The number of benzene rings is 1. The van der Waals surface area contributed by atoms with Crippen LogP contribution in [0.15, 0.2) is 30.5 Å². The Balaban J connectivity index is 2.12. The van der Waals surface area contributed by atoms with Crippen LogP contribution in [0, 0.1) is 5.41 Å². The van der Waals surface area contributed by atoms with E-state index in [1.807, 2.05) is 24.3 Å². The molecule has 1 aromatic heterocycles. The fraction of sp³-hybridized carbons (Fsp3) is 0.438. The molecular weight excluding hydrogens is 250 g/mol. The Morgan fingerprint density at radius 2 is 2.10 bits per heavy atom. The van der Waals surface area contributed by atoms with Gasteiger partial charge in [0.05, 0.1) is 16.9 Å². The van der Waals surface area contributed by atoms with Crippen LogP contribution >= 0.6 is 0 Å². The summed E-state index contributed by atoms with van der Waals surface area (Å²) in [5, 5.41) is 4.44. The SMILES string of the molecule is COCCC(C)(C)CNc1ccc2ncccc2c1N. The molecule has 0 saturated carbocycles. The van der Waals surface area contributed by atoms with E-state index in [0.717, 1.165) is 41.9 Å². The highest BCUT2D eigenvalue weighted by Crippen LogP contribution is 2.29. The second-order valence-electron chi connectivity index (χ2n) is 5.86. The number of nitrogens with two attached hydrogens (primary N) is 1. The maximum absolute atomic E-state index is 6.22. The van der Waals surface area contributed by atoms with Crippen molar-refractivity contribution in [2.75, 3.05) is 31.3 Å². The van der Waals surface area contributed by atoms with Gasteiger partial charge in [0.2, 0.25) is 0 Å². The van der Waals surface area contributed by atoms with Gasteiger partial charge >= 0.3 is 0 Å². The number of hydrogen-bond acceptors (Lipinski definition) is 4. The van der Waals surface area contributed by atoms with E-state index >= 15 is 0 Å². The molecule has 2 rings (SSSR count). The van der Waals surface area contributed by atoms with Crippen LogP contribution < -0.4 is 11.1 Å². The fourth-order valence-corrected chi connectivity index (χ4v) is 2.13. The summed E-state index contributed by atoms with van der Waals surface area (Å²) in [6.45, 7) is 6.06. The number of ether oxygens (including phenoxy) is 1. The van der Waals surface area contributed by atoms with Crippen molar-refractivity contribution in [3.63, 3.8) is 0 Å². The lowest BCUT2D eigenvalue weighted by molar-refractivity contribution is 0.157. The van der Waals surface area contributed by atoms with Crippen molar-refractivity contribution >= 4 is 22.3 Å². The third-order valence-electron chi connectivity index (χ3n) is 3.57. The molecule has 20 heavy (non-hydrogen) atoms. The summed E-state index contributed by atoms with van der Waals surface area (Å²) in [5.41, 5.74) is 9.04. The molecule has 1 aromatic carbocycles. The van der Waals surface area contributed by atoms with Gasteiger partial charge < -0.3 is 15.8 Å². The zero-order chi connectivity index (χ0) is 14.6. The Hall–Kier alpha value is -1.81. The summed E-state index contributed by atoms with van der Waals surface area (Å²) >= 11 is 0. The molecule has 0 aliphatic carbocycles. The van der Waals surface area contributed by atoms with Crippen LogP contribution in [0.2, 0.25) is 0 Å². The summed E-state index contributed by atoms with van der Waals surface area (Å²) < 4.78 is 5.15. The summed E-state index contributed by atoms with van der Waals surface area (Å²) in [4.78, 5) is 4.31. The highest BCUT2D eigenvalue weighted by molar-refractivity contribution is 5.96. The predicted molar refractivity (Wildman–Crippen MR) is 84.9 cm³/mol. The Kier molecular flexibility index (Phi) is 4.45. The molecular formula is C16H23N3O. The number of rotatable bonds is 6. The maximum atomic E-state index is 6.22. The lowest BCUT2D eigenvalue weighted by Crippen LogP contribution is -2.25. The number of nitrogen functional groups attached to an aromatic ring is 1. The highest BCUT2D eigenvalue weighted by Gasteiger charge is 2.17. The second-order valence-corrected chi connectivity index (χ2v) is 5.86. The van der Waals surface area contributed by atoms with E-state index in [1.54, 1.807) is 13.3 Å². The number of anilines is 2. The van der Waals surface area contributed by atoms with Gasteiger partial charge in [0, 0.05) is 31.8 Å².